The van der Waals surface area contributed by atoms with E-state index in [1.165, 1.54) is 0 Å². The van der Waals surface area contributed by atoms with Crippen LogP contribution in [0.2, 0.25) is 0 Å². The summed E-state index contributed by atoms with van der Waals surface area (Å²) in [5.41, 5.74) is 8.95. The molecular formula is C18H24ClN3O2. The van der Waals surface area contributed by atoms with Crippen LogP contribution in [0.15, 0.2) is 18.2 Å². The second-order valence-electron chi connectivity index (χ2n) is 7.14. The molecule has 24 heavy (non-hydrogen) atoms. The van der Waals surface area contributed by atoms with Crippen molar-refractivity contribution in [1.82, 2.24) is 4.90 Å². The number of carbonyl (C=O) groups is 2. The van der Waals surface area contributed by atoms with Gasteiger partial charge in [-0.1, -0.05) is 0 Å². The summed E-state index contributed by atoms with van der Waals surface area (Å²) in [6, 6.07) is 5.99. The first-order chi connectivity index (χ1) is 11.0. The van der Waals surface area contributed by atoms with Gasteiger partial charge >= 0.3 is 0 Å². The molecule has 5 nitrogen and oxygen atoms in total. The van der Waals surface area contributed by atoms with Crippen LogP contribution in [0.25, 0.3) is 0 Å². The number of halogens is 1. The Balaban J connectivity index is 0.00000169. The average molecular weight is 350 g/mol. The maximum atomic E-state index is 12.8. The van der Waals surface area contributed by atoms with Crippen molar-refractivity contribution in [1.29, 1.82) is 0 Å². The molecule has 3 unspecified atom stereocenters. The zero-order valence-electron chi connectivity index (χ0n) is 13.9. The third-order valence-corrected chi connectivity index (χ3v) is 5.80. The van der Waals surface area contributed by atoms with Crippen molar-refractivity contribution in [3.05, 3.63) is 29.3 Å². The number of fused-ring (bicyclic) bond motifs is 2. The Morgan fingerprint density at radius 1 is 1.21 bits per heavy atom. The normalized spacial score (nSPS) is 27.7. The molecule has 1 saturated heterocycles. The molecule has 1 saturated carbocycles. The standard InChI is InChI=1S/C18H23N3O2.ClH/c1-11(22)21-7-6-12-8-13(3-5-17(12)21)18(23)20-9-14-2-4-16(19)15(14)10-20;/h3,5,8,14-16H,2,4,6-7,9-10,19H2,1H3;1H. The zero-order valence-corrected chi connectivity index (χ0v) is 14.7. The quantitative estimate of drug-likeness (QED) is 0.841. The molecule has 3 atom stereocenters. The Morgan fingerprint density at radius 2 is 2.00 bits per heavy atom. The van der Waals surface area contributed by atoms with E-state index in [1.54, 1.807) is 11.8 Å². The lowest BCUT2D eigenvalue weighted by Gasteiger charge is -2.20. The van der Waals surface area contributed by atoms with E-state index in [-0.39, 0.29) is 30.3 Å². The van der Waals surface area contributed by atoms with Gasteiger partial charge in [-0.05, 0) is 54.9 Å². The predicted molar refractivity (Wildman–Crippen MR) is 95.5 cm³/mol. The molecule has 0 bridgehead atoms. The molecule has 1 aliphatic carbocycles. The summed E-state index contributed by atoms with van der Waals surface area (Å²) in [6.45, 7) is 3.93. The van der Waals surface area contributed by atoms with Crippen LogP contribution in [0.4, 0.5) is 5.69 Å². The first kappa shape index (κ1) is 17.2. The summed E-state index contributed by atoms with van der Waals surface area (Å²) < 4.78 is 0. The summed E-state index contributed by atoms with van der Waals surface area (Å²) in [5.74, 6) is 1.22. The Morgan fingerprint density at radius 3 is 2.71 bits per heavy atom. The molecule has 130 valence electrons. The van der Waals surface area contributed by atoms with Gasteiger partial charge in [-0.3, -0.25) is 9.59 Å². The molecule has 6 heteroatoms. The third-order valence-electron chi connectivity index (χ3n) is 5.80. The maximum Gasteiger partial charge on any atom is 0.253 e. The first-order valence-electron chi connectivity index (χ1n) is 8.50. The minimum absolute atomic E-state index is 0. The van der Waals surface area contributed by atoms with Crippen LogP contribution in [0.5, 0.6) is 0 Å². The number of carbonyl (C=O) groups excluding carboxylic acids is 2. The van der Waals surface area contributed by atoms with Crippen molar-refractivity contribution in [3.8, 4) is 0 Å². The largest absolute Gasteiger partial charge is 0.338 e. The van der Waals surface area contributed by atoms with Gasteiger partial charge in [-0.2, -0.15) is 0 Å². The fourth-order valence-corrected chi connectivity index (χ4v) is 4.52. The number of anilines is 1. The van der Waals surface area contributed by atoms with Crippen LogP contribution >= 0.6 is 12.4 Å². The molecule has 3 aliphatic rings. The average Bonchev–Trinajstić information content (AvgIpc) is 3.21. The van der Waals surface area contributed by atoms with E-state index in [0.29, 0.717) is 18.4 Å². The molecule has 2 amide bonds. The molecule has 2 fully saturated rings. The molecule has 4 rings (SSSR count). The van der Waals surface area contributed by atoms with Crippen LogP contribution in [0.1, 0.15) is 35.7 Å². The van der Waals surface area contributed by atoms with Gasteiger partial charge in [0.1, 0.15) is 0 Å². The van der Waals surface area contributed by atoms with E-state index in [0.717, 1.165) is 49.2 Å². The highest BCUT2D eigenvalue weighted by atomic mass is 35.5. The third kappa shape index (κ3) is 2.70. The fourth-order valence-electron chi connectivity index (χ4n) is 4.52. The number of rotatable bonds is 1. The van der Waals surface area contributed by atoms with Crippen LogP contribution in [-0.2, 0) is 11.2 Å². The second kappa shape index (κ2) is 6.37. The van der Waals surface area contributed by atoms with Crippen LogP contribution in [-0.4, -0.2) is 42.4 Å². The molecular weight excluding hydrogens is 326 g/mol. The number of hydrogen-bond donors (Lipinski definition) is 1. The van der Waals surface area contributed by atoms with Crippen molar-refractivity contribution in [2.45, 2.75) is 32.2 Å². The summed E-state index contributed by atoms with van der Waals surface area (Å²) >= 11 is 0. The van der Waals surface area contributed by atoms with Gasteiger partial charge in [0.25, 0.3) is 5.91 Å². The smallest absolute Gasteiger partial charge is 0.253 e. The molecule has 2 heterocycles. The Bertz CT molecular complexity index is 678. The maximum absolute atomic E-state index is 12.8. The van der Waals surface area contributed by atoms with Crippen molar-refractivity contribution in [2.75, 3.05) is 24.5 Å². The van der Waals surface area contributed by atoms with E-state index in [2.05, 4.69) is 0 Å². The number of benzene rings is 1. The number of nitrogens with two attached hydrogens (primary N) is 1. The highest BCUT2D eigenvalue weighted by Gasteiger charge is 2.42. The molecule has 1 aromatic rings. The molecule has 2 aliphatic heterocycles. The molecule has 0 aromatic heterocycles. The van der Waals surface area contributed by atoms with Gasteiger partial charge in [0.05, 0.1) is 0 Å². The minimum Gasteiger partial charge on any atom is -0.338 e. The number of nitrogens with zero attached hydrogens (tertiary/aromatic N) is 2. The highest BCUT2D eigenvalue weighted by Crippen LogP contribution is 2.38. The van der Waals surface area contributed by atoms with Crippen molar-refractivity contribution in [2.24, 2.45) is 17.6 Å². The van der Waals surface area contributed by atoms with Gasteiger partial charge in [-0.15, -0.1) is 12.4 Å². The Hall–Kier alpha value is -1.59. The SMILES string of the molecule is CC(=O)N1CCc2cc(C(=O)N3CC4CCC(N)C4C3)ccc21.Cl. The van der Waals surface area contributed by atoms with Gasteiger partial charge in [0, 0.05) is 43.9 Å². The first-order valence-corrected chi connectivity index (χ1v) is 8.50. The molecule has 0 radical (unpaired) electrons. The van der Waals surface area contributed by atoms with Crippen molar-refractivity contribution in [3.63, 3.8) is 0 Å². The van der Waals surface area contributed by atoms with Crippen molar-refractivity contribution >= 4 is 29.9 Å². The summed E-state index contributed by atoms with van der Waals surface area (Å²) in [7, 11) is 0. The van der Waals surface area contributed by atoms with E-state index in [4.69, 9.17) is 5.73 Å². The predicted octanol–water partition coefficient (Wildman–Crippen LogP) is 1.83. The van der Waals surface area contributed by atoms with Crippen LogP contribution in [0, 0.1) is 11.8 Å². The lowest BCUT2D eigenvalue weighted by atomic mass is 9.98. The zero-order chi connectivity index (χ0) is 16.1. The molecule has 0 spiro atoms. The van der Waals surface area contributed by atoms with Crippen molar-refractivity contribution < 1.29 is 9.59 Å². The second-order valence-corrected chi connectivity index (χ2v) is 7.14. The van der Waals surface area contributed by atoms with Gasteiger partial charge in [0.2, 0.25) is 5.91 Å². The minimum atomic E-state index is 0. The number of likely N-dealkylation sites (tertiary alicyclic amines) is 1. The van der Waals surface area contributed by atoms with Gasteiger partial charge in [0.15, 0.2) is 0 Å². The Labute approximate surface area is 148 Å². The van der Waals surface area contributed by atoms with Gasteiger partial charge in [-0.25, -0.2) is 0 Å². The van der Waals surface area contributed by atoms with Crippen LogP contribution < -0.4 is 10.6 Å². The molecule has 2 N–H and O–H groups in total. The topological polar surface area (TPSA) is 66.6 Å². The highest BCUT2D eigenvalue weighted by molar-refractivity contribution is 5.98. The van der Waals surface area contributed by atoms with E-state index in [1.807, 2.05) is 23.1 Å². The summed E-state index contributed by atoms with van der Waals surface area (Å²) in [5, 5.41) is 0. The molecule has 1 aromatic carbocycles. The monoisotopic (exact) mass is 349 g/mol. The number of hydrogen-bond acceptors (Lipinski definition) is 3. The summed E-state index contributed by atoms with van der Waals surface area (Å²) in [4.78, 5) is 28.2. The fraction of sp³-hybridized carbons (Fsp3) is 0.556. The Kier molecular flexibility index (Phi) is 4.58. The number of amides is 2. The van der Waals surface area contributed by atoms with E-state index < -0.39 is 0 Å². The lowest BCUT2D eigenvalue weighted by Crippen LogP contribution is -2.33. The van der Waals surface area contributed by atoms with E-state index in [9.17, 15) is 9.59 Å². The lowest BCUT2D eigenvalue weighted by molar-refractivity contribution is -0.116. The summed E-state index contributed by atoms with van der Waals surface area (Å²) in [6.07, 6.45) is 3.07. The van der Waals surface area contributed by atoms with E-state index >= 15 is 0 Å². The van der Waals surface area contributed by atoms with Gasteiger partial charge < -0.3 is 15.5 Å². The van der Waals surface area contributed by atoms with Crippen LogP contribution in [0.3, 0.4) is 0 Å².